The van der Waals surface area contributed by atoms with Crippen LogP contribution in [0.25, 0.3) is 0 Å². The van der Waals surface area contributed by atoms with Crippen LogP contribution in [0.3, 0.4) is 0 Å². The maximum Gasteiger partial charge on any atom is 0.307 e. The van der Waals surface area contributed by atoms with Gasteiger partial charge in [0.1, 0.15) is 17.1 Å². The molecule has 22 heavy (non-hydrogen) atoms. The molecule has 1 heterocycles. The van der Waals surface area contributed by atoms with Crippen molar-refractivity contribution in [2.75, 3.05) is 0 Å². The summed E-state index contributed by atoms with van der Waals surface area (Å²) in [5, 5.41) is 19.4. The molecular formula is C18H22O4. The average Bonchev–Trinajstić information content (AvgIpc) is 2.35. The summed E-state index contributed by atoms with van der Waals surface area (Å²) >= 11 is 0. The molecule has 4 nitrogen and oxygen atoms in total. The number of phenolic OH excluding ortho intramolecular Hbond substituents is 1. The Morgan fingerprint density at radius 3 is 2.82 bits per heavy atom. The van der Waals surface area contributed by atoms with E-state index in [1.165, 1.54) is 5.57 Å². The lowest BCUT2D eigenvalue weighted by Crippen LogP contribution is -2.45. The van der Waals surface area contributed by atoms with Crippen LogP contribution in [-0.4, -0.2) is 21.8 Å². The third-order valence-electron chi connectivity index (χ3n) is 4.92. The van der Waals surface area contributed by atoms with Gasteiger partial charge in [0.15, 0.2) is 0 Å². The Labute approximate surface area is 130 Å². The summed E-state index contributed by atoms with van der Waals surface area (Å²) in [6.07, 6.45) is 4.00. The third kappa shape index (κ3) is 2.47. The van der Waals surface area contributed by atoms with Crippen LogP contribution < -0.4 is 4.74 Å². The normalized spacial score (nSPS) is 25.5. The second-order valence-corrected chi connectivity index (χ2v) is 7.01. The molecular weight excluding hydrogens is 280 g/mol. The Hall–Kier alpha value is -1.97. The smallest absolute Gasteiger partial charge is 0.307 e. The van der Waals surface area contributed by atoms with E-state index in [9.17, 15) is 9.90 Å². The van der Waals surface area contributed by atoms with Crippen molar-refractivity contribution < 1.29 is 19.7 Å². The zero-order valence-electron chi connectivity index (χ0n) is 13.2. The van der Waals surface area contributed by atoms with Crippen LogP contribution in [-0.2, 0) is 11.2 Å². The maximum absolute atomic E-state index is 10.9. The third-order valence-corrected chi connectivity index (χ3v) is 4.92. The highest BCUT2D eigenvalue weighted by atomic mass is 16.5. The summed E-state index contributed by atoms with van der Waals surface area (Å²) in [7, 11) is 0. The number of benzene rings is 1. The molecule has 0 aromatic heterocycles. The molecule has 1 unspecified atom stereocenters. The van der Waals surface area contributed by atoms with Gasteiger partial charge >= 0.3 is 5.97 Å². The number of carboxylic acids is 1. The Balaban J connectivity index is 2.09. The largest absolute Gasteiger partial charge is 0.508 e. The molecule has 2 aliphatic rings. The van der Waals surface area contributed by atoms with Gasteiger partial charge in [-0.05, 0) is 51.3 Å². The first kappa shape index (κ1) is 14.9. The minimum absolute atomic E-state index is 0.113. The molecule has 0 saturated carbocycles. The van der Waals surface area contributed by atoms with E-state index in [-0.39, 0.29) is 23.7 Å². The van der Waals surface area contributed by atoms with Gasteiger partial charge in [0.2, 0.25) is 0 Å². The zero-order valence-corrected chi connectivity index (χ0v) is 13.2. The zero-order chi connectivity index (χ0) is 16.1. The van der Waals surface area contributed by atoms with Crippen molar-refractivity contribution in [3.63, 3.8) is 0 Å². The summed E-state index contributed by atoms with van der Waals surface area (Å²) < 4.78 is 6.14. The number of aromatic hydroxyl groups is 1. The lowest BCUT2D eigenvalue weighted by molar-refractivity contribution is -0.136. The van der Waals surface area contributed by atoms with Gasteiger partial charge in [-0.1, -0.05) is 11.6 Å². The topological polar surface area (TPSA) is 66.8 Å². The minimum atomic E-state index is -0.913. The number of rotatable bonds is 2. The first-order valence-corrected chi connectivity index (χ1v) is 7.70. The van der Waals surface area contributed by atoms with E-state index < -0.39 is 5.97 Å². The molecule has 0 saturated heterocycles. The van der Waals surface area contributed by atoms with Gasteiger partial charge in [0.05, 0.1) is 6.42 Å². The summed E-state index contributed by atoms with van der Waals surface area (Å²) in [6, 6.07) is 3.34. The van der Waals surface area contributed by atoms with Crippen molar-refractivity contribution in [2.45, 2.75) is 51.6 Å². The molecule has 0 fully saturated rings. The lowest BCUT2D eigenvalue weighted by atomic mass is 9.67. The van der Waals surface area contributed by atoms with Gasteiger partial charge in [-0.25, -0.2) is 0 Å². The number of hydrogen-bond acceptors (Lipinski definition) is 3. The van der Waals surface area contributed by atoms with Crippen LogP contribution in [0.4, 0.5) is 0 Å². The van der Waals surface area contributed by atoms with E-state index in [1.807, 2.05) is 0 Å². The summed E-state index contributed by atoms with van der Waals surface area (Å²) in [4.78, 5) is 10.9. The molecule has 2 atom stereocenters. The number of hydrogen-bond donors (Lipinski definition) is 2. The van der Waals surface area contributed by atoms with E-state index >= 15 is 0 Å². The standard InChI is InChI=1S/C18H22O4/c1-10-4-5-13-12(6-10)17-14(19)7-11(9-16(20)21)8-15(17)22-18(13,2)3/h4,7-8,12-13,19H,5-6,9H2,1-3H3,(H,20,21)/t12-,13?/m1/s1. The van der Waals surface area contributed by atoms with E-state index in [2.05, 4.69) is 26.8 Å². The number of ether oxygens (including phenoxy) is 1. The summed E-state index contributed by atoms with van der Waals surface area (Å²) in [6.45, 7) is 6.26. The molecule has 1 aliphatic carbocycles. The second kappa shape index (κ2) is 5.04. The molecule has 118 valence electrons. The second-order valence-electron chi connectivity index (χ2n) is 7.01. The van der Waals surface area contributed by atoms with Gasteiger partial charge in [-0.2, -0.15) is 0 Å². The highest BCUT2D eigenvalue weighted by molar-refractivity contribution is 5.71. The molecule has 1 aliphatic heterocycles. The van der Waals surface area contributed by atoms with E-state index in [0.717, 1.165) is 18.4 Å². The molecule has 4 heteroatoms. The Kier molecular flexibility index (Phi) is 3.42. The van der Waals surface area contributed by atoms with E-state index in [4.69, 9.17) is 9.84 Å². The summed E-state index contributed by atoms with van der Waals surface area (Å²) in [5.74, 6) is 0.428. The number of carbonyl (C=O) groups is 1. The van der Waals surface area contributed by atoms with Gasteiger partial charge in [-0.3, -0.25) is 4.79 Å². The van der Waals surface area contributed by atoms with E-state index in [0.29, 0.717) is 17.2 Å². The highest BCUT2D eigenvalue weighted by Crippen LogP contribution is 2.54. The highest BCUT2D eigenvalue weighted by Gasteiger charge is 2.45. The van der Waals surface area contributed by atoms with Gasteiger partial charge in [0, 0.05) is 17.4 Å². The van der Waals surface area contributed by atoms with Gasteiger partial charge < -0.3 is 14.9 Å². The predicted octanol–water partition coefficient (Wildman–Crippen LogP) is 3.63. The monoisotopic (exact) mass is 302 g/mol. The number of carboxylic acid groups (broad SMARTS) is 1. The van der Waals surface area contributed by atoms with Crippen LogP contribution in [0, 0.1) is 5.92 Å². The fourth-order valence-electron chi connectivity index (χ4n) is 3.90. The van der Waals surface area contributed by atoms with Crippen molar-refractivity contribution >= 4 is 5.97 Å². The Morgan fingerprint density at radius 1 is 1.41 bits per heavy atom. The molecule has 0 amide bonds. The van der Waals surface area contributed by atoms with Crippen molar-refractivity contribution in [2.24, 2.45) is 5.92 Å². The fourth-order valence-corrected chi connectivity index (χ4v) is 3.90. The van der Waals surface area contributed by atoms with Crippen molar-refractivity contribution in [3.05, 3.63) is 34.9 Å². The Morgan fingerprint density at radius 2 is 2.14 bits per heavy atom. The Bertz CT molecular complexity index is 657. The predicted molar refractivity (Wildman–Crippen MR) is 83.4 cm³/mol. The quantitative estimate of drug-likeness (QED) is 0.819. The molecule has 0 spiro atoms. The number of fused-ring (bicyclic) bond motifs is 3. The number of phenols is 1. The average molecular weight is 302 g/mol. The molecule has 3 rings (SSSR count). The van der Waals surface area contributed by atoms with Crippen LogP contribution in [0.1, 0.15) is 50.7 Å². The first-order chi connectivity index (χ1) is 10.3. The van der Waals surface area contributed by atoms with Crippen LogP contribution in [0.5, 0.6) is 11.5 Å². The van der Waals surface area contributed by atoms with Crippen molar-refractivity contribution in [1.29, 1.82) is 0 Å². The van der Waals surface area contributed by atoms with Crippen molar-refractivity contribution in [1.82, 2.24) is 0 Å². The molecule has 0 radical (unpaired) electrons. The lowest BCUT2D eigenvalue weighted by Gasteiger charge is -2.47. The SMILES string of the molecule is CC1=CCC2[C@@H](C1)c1c(O)cc(CC(=O)O)cc1OC2(C)C. The van der Waals surface area contributed by atoms with Crippen LogP contribution >= 0.6 is 0 Å². The molecule has 1 aromatic rings. The van der Waals surface area contributed by atoms with Crippen molar-refractivity contribution in [3.8, 4) is 11.5 Å². The number of aliphatic carboxylic acids is 1. The maximum atomic E-state index is 10.9. The summed E-state index contributed by atoms with van der Waals surface area (Å²) in [5.41, 5.74) is 2.41. The molecule has 1 aromatic carbocycles. The van der Waals surface area contributed by atoms with Gasteiger partial charge in [-0.15, -0.1) is 0 Å². The van der Waals surface area contributed by atoms with Crippen LogP contribution in [0.2, 0.25) is 0 Å². The van der Waals surface area contributed by atoms with Gasteiger partial charge in [0.25, 0.3) is 0 Å². The first-order valence-electron chi connectivity index (χ1n) is 7.70. The van der Waals surface area contributed by atoms with E-state index in [1.54, 1.807) is 12.1 Å². The minimum Gasteiger partial charge on any atom is -0.508 e. The fraction of sp³-hybridized carbons (Fsp3) is 0.500. The molecule has 2 N–H and O–H groups in total. The molecule has 0 bridgehead atoms. The number of allylic oxidation sites excluding steroid dienone is 2. The van der Waals surface area contributed by atoms with Crippen LogP contribution in [0.15, 0.2) is 23.8 Å².